The van der Waals surface area contributed by atoms with Crippen molar-refractivity contribution in [2.45, 2.75) is 19.0 Å². The molecule has 3 aromatic rings. The predicted molar refractivity (Wildman–Crippen MR) is 116 cm³/mol. The van der Waals surface area contributed by atoms with Crippen molar-refractivity contribution in [1.82, 2.24) is 10.2 Å². The zero-order valence-electron chi connectivity index (χ0n) is 16.5. The molecule has 1 fully saturated rings. The second kappa shape index (κ2) is 9.39. The van der Waals surface area contributed by atoms with Gasteiger partial charge >= 0.3 is 0 Å². The number of amides is 1. The van der Waals surface area contributed by atoms with Crippen LogP contribution in [-0.4, -0.2) is 36.5 Å². The summed E-state index contributed by atoms with van der Waals surface area (Å²) in [7, 11) is 0. The molecule has 1 atom stereocenters. The van der Waals surface area contributed by atoms with E-state index in [9.17, 15) is 4.79 Å². The van der Waals surface area contributed by atoms with Crippen LogP contribution in [0, 0.1) is 0 Å². The summed E-state index contributed by atoms with van der Waals surface area (Å²) in [6, 6.07) is 28.5. The Kier molecular flexibility index (Phi) is 6.22. The predicted octanol–water partition coefficient (Wildman–Crippen LogP) is 4.12. The first-order valence-corrected chi connectivity index (χ1v) is 10.1. The third-order valence-electron chi connectivity index (χ3n) is 5.22. The Labute approximate surface area is 172 Å². The molecule has 0 aromatic heterocycles. The van der Waals surface area contributed by atoms with Gasteiger partial charge in [-0.3, -0.25) is 9.69 Å². The number of hydrogen-bond acceptors (Lipinski definition) is 3. The molecule has 29 heavy (non-hydrogen) atoms. The van der Waals surface area contributed by atoms with Gasteiger partial charge in [-0.15, -0.1) is 0 Å². The van der Waals surface area contributed by atoms with E-state index in [1.54, 1.807) is 0 Å². The molecule has 4 heteroatoms. The smallest absolute Gasteiger partial charge is 0.258 e. The molecule has 0 unspecified atom stereocenters. The summed E-state index contributed by atoms with van der Waals surface area (Å²) in [5.41, 5.74) is 3.38. The molecule has 0 saturated carbocycles. The summed E-state index contributed by atoms with van der Waals surface area (Å²) in [6.45, 7) is 2.83. The van der Waals surface area contributed by atoms with Gasteiger partial charge in [0.05, 0.1) is 0 Å². The zero-order valence-corrected chi connectivity index (χ0v) is 16.5. The number of nitrogens with zero attached hydrogens (tertiary/aromatic N) is 1. The zero-order chi connectivity index (χ0) is 19.9. The minimum absolute atomic E-state index is 0.0268. The molecule has 0 radical (unpaired) electrons. The van der Waals surface area contributed by atoms with E-state index in [1.807, 2.05) is 60.7 Å². The third kappa shape index (κ3) is 5.24. The topological polar surface area (TPSA) is 41.6 Å². The number of benzene rings is 3. The van der Waals surface area contributed by atoms with Crippen LogP contribution in [0.5, 0.6) is 5.75 Å². The SMILES string of the molecule is O=C(COc1ccccc1-c1ccccc1)N[C@@H]1CCN(Cc2ccccc2)C1. The molecule has 0 spiro atoms. The Balaban J connectivity index is 1.28. The molecular formula is C25H26N2O2. The van der Waals surface area contributed by atoms with E-state index in [-0.39, 0.29) is 18.6 Å². The fraction of sp³-hybridized carbons (Fsp3) is 0.240. The highest BCUT2D eigenvalue weighted by Gasteiger charge is 2.24. The maximum absolute atomic E-state index is 12.4. The summed E-state index contributed by atoms with van der Waals surface area (Å²) in [6.07, 6.45) is 0.971. The van der Waals surface area contributed by atoms with Crippen LogP contribution in [0.4, 0.5) is 0 Å². The minimum Gasteiger partial charge on any atom is -0.483 e. The van der Waals surface area contributed by atoms with E-state index in [0.717, 1.165) is 42.9 Å². The standard InChI is InChI=1S/C25H26N2O2/c28-25(26-22-15-16-27(18-22)17-20-9-3-1-4-10-20)19-29-24-14-8-7-13-23(24)21-11-5-2-6-12-21/h1-14,22H,15-19H2,(H,26,28)/t22-/m1/s1. The number of rotatable bonds is 7. The van der Waals surface area contributed by atoms with Crippen molar-refractivity contribution >= 4 is 5.91 Å². The van der Waals surface area contributed by atoms with Crippen molar-refractivity contribution in [3.8, 4) is 16.9 Å². The minimum atomic E-state index is -0.0700. The molecule has 1 aliphatic rings. The Morgan fingerprint density at radius 2 is 1.62 bits per heavy atom. The first kappa shape index (κ1) is 19.2. The first-order chi connectivity index (χ1) is 14.3. The Morgan fingerprint density at radius 1 is 0.931 bits per heavy atom. The van der Waals surface area contributed by atoms with Gasteiger partial charge in [0.15, 0.2) is 6.61 Å². The number of hydrogen-bond donors (Lipinski definition) is 1. The lowest BCUT2D eigenvalue weighted by molar-refractivity contribution is -0.123. The van der Waals surface area contributed by atoms with Crippen LogP contribution in [0.15, 0.2) is 84.9 Å². The van der Waals surface area contributed by atoms with Gasteiger partial charge in [-0.1, -0.05) is 78.9 Å². The molecule has 3 aromatic carbocycles. The number of ether oxygens (including phenoxy) is 1. The van der Waals surface area contributed by atoms with Gasteiger partial charge in [0, 0.05) is 31.2 Å². The summed E-state index contributed by atoms with van der Waals surface area (Å²) < 4.78 is 5.86. The average Bonchev–Trinajstić information content (AvgIpc) is 3.20. The van der Waals surface area contributed by atoms with Crippen LogP contribution in [-0.2, 0) is 11.3 Å². The summed E-state index contributed by atoms with van der Waals surface area (Å²) in [5, 5.41) is 3.12. The quantitative estimate of drug-likeness (QED) is 0.664. The van der Waals surface area contributed by atoms with E-state index in [0.29, 0.717) is 0 Å². The normalized spacial score (nSPS) is 16.5. The van der Waals surface area contributed by atoms with Crippen LogP contribution >= 0.6 is 0 Å². The number of likely N-dealkylation sites (tertiary alicyclic amines) is 1. The molecule has 0 bridgehead atoms. The highest BCUT2D eigenvalue weighted by atomic mass is 16.5. The fourth-order valence-corrected chi connectivity index (χ4v) is 3.80. The van der Waals surface area contributed by atoms with Crippen molar-refractivity contribution in [3.05, 3.63) is 90.5 Å². The van der Waals surface area contributed by atoms with Crippen molar-refractivity contribution in [3.63, 3.8) is 0 Å². The van der Waals surface area contributed by atoms with Gasteiger partial charge in [-0.2, -0.15) is 0 Å². The molecule has 1 N–H and O–H groups in total. The van der Waals surface area contributed by atoms with E-state index in [4.69, 9.17) is 4.74 Å². The molecule has 1 heterocycles. The average molecular weight is 386 g/mol. The van der Waals surface area contributed by atoms with E-state index in [1.165, 1.54) is 5.56 Å². The molecule has 1 aliphatic heterocycles. The fourth-order valence-electron chi connectivity index (χ4n) is 3.80. The molecule has 148 valence electrons. The van der Waals surface area contributed by atoms with Crippen molar-refractivity contribution in [2.24, 2.45) is 0 Å². The van der Waals surface area contributed by atoms with E-state index < -0.39 is 0 Å². The van der Waals surface area contributed by atoms with Gasteiger partial charge in [0.1, 0.15) is 5.75 Å². The molecule has 1 saturated heterocycles. The highest BCUT2D eigenvalue weighted by molar-refractivity contribution is 5.78. The van der Waals surface area contributed by atoms with Gasteiger partial charge < -0.3 is 10.1 Å². The van der Waals surface area contributed by atoms with Crippen molar-refractivity contribution < 1.29 is 9.53 Å². The Morgan fingerprint density at radius 3 is 2.41 bits per heavy atom. The lowest BCUT2D eigenvalue weighted by Crippen LogP contribution is -2.39. The number of nitrogens with one attached hydrogen (secondary N) is 1. The van der Waals surface area contributed by atoms with Crippen LogP contribution < -0.4 is 10.1 Å². The molecule has 4 rings (SSSR count). The van der Waals surface area contributed by atoms with Crippen LogP contribution in [0.3, 0.4) is 0 Å². The van der Waals surface area contributed by atoms with Gasteiger partial charge in [0.25, 0.3) is 5.91 Å². The van der Waals surface area contributed by atoms with Crippen LogP contribution in [0.1, 0.15) is 12.0 Å². The maximum atomic E-state index is 12.4. The third-order valence-corrected chi connectivity index (χ3v) is 5.22. The first-order valence-electron chi connectivity index (χ1n) is 10.1. The van der Waals surface area contributed by atoms with Gasteiger partial charge in [0.2, 0.25) is 0 Å². The largest absolute Gasteiger partial charge is 0.483 e. The molecular weight excluding hydrogens is 360 g/mol. The van der Waals surface area contributed by atoms with E-state index >= 15 is 0 Å². The lowest BCUT2D eigenvalue weighted by atomic mass is 10.1. The summed E-state index contributed by atoms with van der Waals surface area (Å²) in [4.78, 5) is 14.8. The molecule has 4 nitrogen and oxygen atoms in total. The molecule has 1 amide bonds. The number of carbonyl (C=O) groups excluding carboxylic acids is 1. The van der Waals surface area contributed by atoms with Crippen LogP contribution in [0.25, 0.3) is 11.1 Å². The van der Waals surface area contributed by atoms with Crippen molar-refractivity contribution in [2.75, 3.05) is 19.7 Å². The number of carbonyl (C=O) groups is 1. The van der Waals surface area contributed by atoms with Gasteiger partial charge in [-0.25, -0.2) is 0 Å². The summed E-state index contributed by atoms with van der Waals surface area (Å²) in [5.74, 6) is 0.658. The van der Waals surface area contributed by atoms with E-state index in [2.05, 4.69) is 34.5 Å². The maximum Gasteiger partial charge on any atom is 0.258 e. The lowest BCUT2D eigenvalue weighted by Gasteiger charge is -2.17. The molecule has 0 aliphatic carbocycles. The highest BCUT2D eigenvalue weighted by Crippen LogP contribution is 2.29. The monoisotopic (exact) mass is 386 g/mol. The number of para-hydroxylation sites is 1. The Hall–Kier alpha value is -3.11. The summed E-state index contributed by atoms with van der Waals surface area (Å²) >= 11 is 0. The second-order valence-electron chi connectivity index (χ2n) is 7.42. The van der Waals surface area contributed by atoms with Crippen molar-refractivity contribution in [1.29, 1.82) is 0 Å². The second-order valence-corrected chi connectivity index (χ2v) is 7.42. The van der Waals surface area contributed by atoms with Gasteiger partial charge in [-0.05, 0) is 23.6 Å². The van der Waals surface area contributed by atoms with Crippen LogP contribution in [0.2, 0.25) is 0 Å². The Bertz CT molecular complexity index is 928.